The highest BCUT2D eigenvalue weighted by Crippen LogP contribution is 2.28. The monoisotopic (exact) mass is 272 g/mol. The Morgan fingerprint density at radius 2 is 1.80 bits per heavy atom. The summed E-state index contributed by atoms with van der Waals surface area (Å²) in [6.07, 6.45) is 1.92. The average molecular weight is 272 g/mol. The van der Waals surface area contributed by atoms with Crippen molar-refractivity contribution in [1.82, 2.24) is 10.3 Å². The Morgan fingerprint density at radius 3 is 2.40 bits per heavy atom. The molecule has 0 radical (unpaired) electrons. The highest BCUT2D eigenvalue weighted by Gasteiger charge is 2.16. The van der Waals surface area contributed by atoms with E-state index in [9.17, 15) is 0 Å². The number of benzene rings is 1. The van der Waals surface area contributed by atoms with Crippen LogP contribution in [0.5, 0.6) is 5.88 Å². The number of hydrogen-bond donors (Lipinski definition) is 1. The smallest absolute Gasteiger partial charge is 0.221 e. The first-order valence-electron chi connectivity index (χ1n) is 7.16. The van der Waals surface area contributed by atoms with Crippen LogP contribution >= 0.6 is 0 Å². The van der Waals surface area contributed by atoms with Crippen molar-refractivity contribution in [1.29, 1.82) is 0 Å². The predicted octanol–water partition coefficient (Wildman–Crippen LogP) is 3.91. The Kier molecular flexibility index (Phi) is 4.29. The zero-order chi connectivity index (χ0) is 14.8. The molecule has 108 valence electrons. The molecule has 1 aromatic carbocycles. The van der Waals surface area contributed by atoms with Crippen LogP contribution in [0.25, 0.3) is 10.8 Å². The molecule has 3 heteroatoms. The molecule has 0 saturated carbocycles. The van der Waals surface area contributed by atoms with E-state index in [1.54, 1.807) is 0 Å². The van der Waals surface area contributed by atoms with Gasteiger partial charge in [0.2, 0.25) is 5.88 Å². The molecule has 0 aliphatic carbocycles. The Bertz CT molecular complexity index is 585. The molecule has 0 fully saturated rings. The van der Waals surface area contributed by atoms with Gasteiger partial charge in [-0.15, -0.1) is 0 Å². The van der Waals surface area contributed by atoms with E-state index in [-0.39, 0.29) is 5.60 Å². The first-order valence-corrected chi connectivity index (χ1v) is 7.16. The van der Waals surface area contributed by atoms with Gasteiger partial charge in [-0.1, -0.05) is 32.0 Å². The molecule has 1 aromatic heterocycles. The summed E-state index contributed by atoms with van der Waals surface area (Å²) in [5.41, 5.74) is 0.962. The third kappa shape index (κ3) is 3.70. The van der Waals surface area contributed by atoms with Crippen LogP contribution in [0, 0.1) is 0 Å². The van der Waals surface area contributed by atoms with Gasteiger partial charge in [-0.25, -0.2) is 4.98 Å². The van der Waals surface area contributed by atoms with Gasteiger partial charge in [-0.2, -0.15) is 0 Å². The molecular formula is C17H24N2O. The molecular weight excluding hydrogens is 248 g/mol. The fourth-order valence-corrected chi connectivity index (χ4v) is 2.05. The molecule has 1 heterocycles. The van der Waals surface area contributed by atoms with E-state index >= 15 is 0 Å². The number of pyridine rings is 1. The molecule has 2 rings (SSSR count). The molecule has 20 heavy (non-hydrogen) atoms. The maximum Gasteiger partial charge on any atom is 0.221 e. The van der Waals surface area contributed by atoms with Gasteiger partial charge in [0.25, 0.3) is 0 Å². The van der Waals surface area contributed by atoms with Gasteiger partial charge in [-0.3, -0.25) is 0 Å². The maximum absolute atomic E-state index is 5.96. The van der Waals surface area contributed by atoms with Crippen LogP contribution in [-0.2, 0) is 6.54 Å². The Morgan fingerprint density at radius 1 is 1.15 bits per heavy atom. The number of rotatable bonds is 4. The Balaban J connectivity index is 2.41. The normalized spacial score (nSPS) is 12.1. The number of aromatic nitrogens is 1. The van der Waals surface area contributed by atoms with E-state index < -0.39 is 0 Å². The van der Waals surface area contributed by atoms with Gasteiger partial charge in [0, 0.05) is 24.2 Å². The van der Waals surface area contributed by atoms with Crippen LogP contribution in [0.2, 0.25) is 0 Å². The van der Waals surface area contributed by atoms with E-state index in [2.05, 4.69) is 42.3 Å². The zero-order valence-corrected chi connectivity index (χ0v) is 13.0. The van der Waals surface area contributed by atoms with Crippen molar-refractivity contribution in [3.8, 4) is 5.88 Å². The van der Waals surface area contributed by atoms with Crippen LogP contribution in [-0.4, -0.2) is 16.6 Å². The van der Waals surface area contributed by atoms with Crippen LogP contribution in [0.1, 0.15) is 40.2 Å². The first kappa shape index (κ1) is 14.8. The number of nitrogens with zero attached hydrogens (tertiary/aromatic N) is 1. The van der Waals surface area contributed by atoms with Crippen molar-refractivity contribution < 1.29 is 4.74 Å². The van der Waals surface area contributed by atoms with Crippen molar-refractivity contribution in [3.05, 3.63) is 36.0 Å². The average Bonchev–Trinajstić information content (AvgIpc) is 2.36. The number of fused-ring (bicyclic) bond motifs is 1. The van der Waals surface area contributed by atoms with Crippen LogP contribution in [0.4, 0.5) is 0 Å². The van der Waals surface area contributed by atoms with Crippen molar-refractivity contribution in [2.45, 2.75) is 52.8 Å². The third-order valence-electron chi connectivity index (χ3n) is 2.94. The summed E-state index contributed by atoms with van der Waals surface area (Å²) >= 11 is 0. The second-order valence-electron chi connectivity index (χ2n) is 6.38. The third-order valence-corrected chi connectivity index (χ3v) is 2.94. The standard InChI is InChI=1S/C17H24N2O/c1-12(2)18-10-13-11-19-16(20-17(3,4)5)15-9-7-6-8-14(13)15/h6-9,11-12,18H,10H2,1-5H3. The Labute approximate surface area is 121 Å². The SMILES string of the molecule is CC(C)NCc1cnc(OC(C)(C)C)c2ccccc12. The van der Waals surface area contributed by atoms with Crippen molar-refractivity contribution in [2.75, 3.05) is 0 Å². The zero-order valence-electron chi connectivity index (χ0n) is 13.0. The summed E-state index contributed by atoms with van der Waals surface area (Å²) in [7, 11) is 0. The molecule has 1 N–H and O–H groups in total. The van der Waals surface area contributed by atoms with Gasteiger partial charge in [0.05, 0.1) is 0 Å². The largest absolute Gasteiger partial charge is 0.471 e. The molecule has 0 amide bonds. The molecule has 0 bridgehead atoms. The van der Waals surface area contributed by atoms with E-state index in [1.807, 2.05) is 33.0 Å². The minimum atomic E-state index is -0.243. The lowest BCUT2D eigenvalue weighted by Crippen LogP contribution is -2.24. The summed E-state index contributed by atoms with van der Waals surface area (Å²) in [4.78, 5) is 4.51. The summed E-state index contributed by atoms with van der Waals surface area (Å²) in [5.74, 6) is 0.710. The summed E-state index contributed by atoms with van der Waals surface area (Å²) in [5, 5.41) is 5.72. The minimum absolute atomic E-state index is 0.243. The molecule has 0 atom stereocenters. The van der Waals surface area contributed by atoms with Gasteiger partial charge in [-0.05, 0) is 37.8 Å². The molecule has 0 aliphatic rings. The summed E-state index contributed by atoms with van der Waals surface area (Å²) in [6.45, 7) is 11.2. The van der Waals surface area contributed by atoms with Gasteiger partial charge in [0.1, 0.15) is 5.60 Å². The highest BCUT2D eigenvalue weighted by molar-refractivity contribution is 5.89. The summed E-state index contributed by atoms with van der Waals surface area (Å²) in [6, 6.07) is 8.74. The lowest BCUT2D eigenvalue weighted by molar-refractivity contribution is 0.126. The Hall–Kier alpha value is -1.61. The minimum Gasteiger partial charge on any atom is -0.471 e. The van der Waals surface area contributed by atoms with Crippen molar-refractivity contribution in [3.63, 3.8) is 0 Å². The van der Waals surface area contributed by atoms with Crippen molar-refractivity contribution in [2.24, 2.45) is 0 Å². The second kappa shape index (κ2) is 5.80. The lowest BCUT2D eigenvalue weighted by Gasteiger charge is -2.22. The molecule has 3 nitrogen and oxygen atoms in total. The maximum atomic E-state index is 5.96. The molecule has 0 unspecified atom stereocenters. The van der Waals surface area contributed by atoms with Crippen molar-refractivity contribution >= 4 is 10.8 Å². The predicted molar refractivity (Wildman–Crippen MR) is 84.1 cm³/mol. The fraction of sp³-hybridized carbons (Fsp3) is 0.471. The van der Waals surface area contributed by atoms with Gasteiger partial charge >= 0.3 is 0 Å². The second-order valence-corrected chi connectivity index (χ2v) is 6.38. The number of nitrogens with one attached hydrogen (secondary N) is 1. The van der Waals surface area contributed by atoms with E-state index in [0.717, 1.165) is 11.9 Å². The van der Waals surface area contributed by atoms with E-state index in [0.29, 0.717) is 11.9 Å². The topological polar surface area (TPSA) is 34.2 Å². The number of ether oxygens (including phenoxy) is 1. The van der Waals surface area contributed by atoms with E-state index in [4.69, 9.17) is 4.74 Å². The van der Waals surface area contributed by atoms with Crippen LogP contribution in [0.15, 0.2) is 30.5 Å². The van der Waals surface area contributed by atoms with Crippen LogP contribution in [0.3, 0.4) is 0 Å². The summed E-state index contributed by atoms with van der Waals surface area (Å²) < 4.78 is 5.96. The highest BCUT2D eigenvalue weighted by atomic mass is 16.5. The lowest BCUT2D eigenvalue weighted by atomic mass is 10.1. The molecule has 2 aromatic rings. The van der Waals surface area contributed by atoms with Gasteiger partial charge < -0.3 is 10.1 Å². The fourth-order valence-electron chi connectivity index (χ4n) is 2.05. The van der Waals surface area contributed by atoms with E-state index in [1.165, 1.54) is 10.9 Å². The molecule has 0 saturated heterocycles. The van der Waals surface area contributed by atoms with Crippen LogP contribution < -0.4 is 10.1 Å². The first-order chi connectivity index (χ1) is 9.37. The molecule has 0 spiro atoms. The van der Waals surface area contributed by atoms with Gasteiger partial charge in [0.15, 0.2) is 0 Å². The quantitative estimate of drug-likeness (QED) is 0.916. The number of hydrogen-bond acceptors (Lipinski definition) is 3. The molecule has 0 aliphatic heterocycles.